The molecule has 0 aliphatic rings. The fraction of sp³-hybridized carbons (Fsp3) is 0.368. The molecule has 126 valence electrons. The van der Waals surface area contributed by atoms with E-state index in [2.05, 4.69) is 37.0 Å². The molecule has 0 radical (unpaired) electrons. The van der Waals surface area contributed by atoms with Crippen molar-refractivity contribution in [1.82, 2.24) is 15.0 Å². The van der Waals surface area contributed by atoms with E-state index in [1.54, 1.807) is 12.1 Å². The number of benzene rings is 2. The van der Waals surface area contributed by atoms with Crippen molar-refractivity contribution >= 4 is 22.6 Å². The summed E-state index contributed by atoms with van der Waals surface area (Å²) in [6, 6.07) is 9.48. The van der Waals surface area contributed by atoms with Crippen molar-refractivity contribution in [3.8, 4) is 11.4 Å². The van der Waals surface area contributed by atoms with Gasteiger partial charge in [0.2, 0.25) is 0 Å². The predicted molar refractivity (Wildman–Crippen MR) is 98.1 cm³/mol. The van der Waals surface area contributed by atoms with Crippen LogP contribution >= 0.6 is 11.6 Å². The van der Waals surface area contributed by atoms with Crippen molar-refractivity contribution in [2.45, 2.75) is 40.0 Å². The maximum atomic E-state index is 10.7. The quantitative estimate of drug-likeness (QED) is 0.714. The number of aromatic nitrogens is 3. The molecular weight excluding hydrogens is 322 g/mol. The van der Waals surface area contributed by atoms with Crippen LogP contribution in [0.3, 0.4) is 0 Å². The summed E-state index contributed by atoms with van der Waals surface area (Å²) >= 11 is 6.03. The summed E-state index contributed by atoms with van der Waals surface area (Å²) < 4.78 is 0. The summed E-state index contributed by atoms with van der Waals surface area (Å²) in [5.74, 6) is 0.721. The highest BCUT2D eigenvalue weighted by atomic mass is 35.5. The number of hydrogen-bond donors (Lipinski definition) is 1. The second-order valence-electron chi connectivity index (χ2n) is 6.59. The van der Waals surface area contributed by atoms with Crippen molar-refractivity contribution in [3.05, 3.63) is 46.5 Å². The highest BCUT2D eigenvalue weighted by Gasteiger charge is 2.15. The van der Waals surface area contributed by atoms with E-state index in [4.69, 9.17) is 11.6 Å². The molecule has 2 aromatic carbocycles. The molecule has 1 N–H and O–H groups in total. The number of aryl methyl sites for hydroxylation is 1. The molecule has 0 aliphatic carbocycles. The lowest BCUT2D eigenvalue weighted by Crippen LogP contribution is -2.04. The van der Waals surface area contributed by atoms with E-state index in [1.807, 2.05) is 12.1 Å². The maximum absolute atomic E-state index is 10.7. The first-order valence-electron chi connectivity index (χ1n) is 8.35. The minimum Gasteiger partial charge on any atom is -0.505 e. The number of fused-ring (bicyclic) bond motifs is 1. The standard InChI is InChI=1S/C19H22ClN3O/c1-4-5-13-9-14(8-12(2)3)19(24)18(10-13)23-21-16-7-6-15(20)11-17(16)22-23/h6-7,9-12,24H,4-5,8H2,1-3H3. The summed E-state index contributed by atoms with van der Waals surface area (Å²) in [7, 11) is 0. The van der Waals surface area contributed by atoms with Gasteiger partial charge in [0.1, 0.15) is 22.5 Å². The molecule has 0 saturated carbocycles. The van der Waals surface area contributed by atoms with Crippen molar-refractivity contribution in [1.29, 1.82) is 0 Å². The van der Waals surface area contributed by atoms with Crippen molar-refractivity contribution < 1.29 is 5.11 Å². The highest BCUT2D eigenvalue weighted by molar-refractivity contribution is 6.31. The van der Waals surface area contributed by atoms with Crippen LogP contribution in [0, 0.1) is 5.92 Å². The second kappa shape index (κ2) is 6.81. The number of phenolic OH excluding ortho intramolecular Hbond substituents is 1. The molecule has 1 aromatic heterocycles. The Hall–Kier alpha value is -2.07. The zero-order valence-corrected chi connectivity index (χ0v) is 15.0. The van der Waals surface area contributed by atoms with Crippen LogP contribution in [0.4, 0.5) is 0 Å². The van der Waals surface area contributed by atoms with Crippen LogP contribution in [0.2, 0.25) is 5.02 Å². The van der Waals surface area contributed by atoms with Gasteiger partial charge in [0.25, 0.3) is 0 Å². The first-order chi connectivity index (χ1) is 11.5. The van der Waals surface area contributed by atoms with E-state index in [0.29, 0.717) is 22.1 Å². The van der Waals surface area contributed by atoms with Crippen LogP contribution in [-0.4, -0.2) is 20.1 Å². The first-order valence-corrected chi connectivity index (χ1v) is 8.73. The van der Waals surface area contributed by atoms with Gasteiger partial charge in [-0.05, 0) is 54.2 Å². The molecule has 24 heavy (non-hydrogen) atoms. The molecule has 3 aromatic rings. The van der Waals surface area contributed by atoms with Crippen molar-refractivity contribution in [3.63, 3.8) is 0 Å². The van der Waals surface area contributed by atoms with E-state index in [-0.39, 0.29) is 5.75 Å². The Kier molecular flexibility index (Phi) is 4.76. The largest absolute Gasteiger partial charge is 0.505 e. The van der Waals surface area contributed by atoms with Gasteiger partial charge in [0, 0.05) is 5.02 Å². The number of phenols is 1. The SMILES string of the molecule is CCCc1cc(CC(C)C)c(O)c(-n2nc3ccc(Cl)cc3n2)c1. The third kappa shape index (κ3) is 3.39. The number of rotatable bonds is 5. The Balaban J connectivity index is 2.14. The normalized spacial score (nSPS) is 11.5. The Morgan fingerprint density at radius 1 is 1.12 bits per heavy atom. The summed E-state index contributed by atoms with van der Waals surface area (Å²) in [5, 5.41) is 20.3. The molecular formula is C19H22ClN3O. The van der Waals surface area contributed by atoms with E-state index in [9.17, 15) is 5.11 Å². The Labute approximate surface area is 147 Å². The summed E-state index contributed by atoms with van der Waals surface area (Å²) in [6.07, 6.45) is 2.84. The summed E-state index contributed by atoms with van der Waals surface area (Å²) in [4.78, 5) is 1.51. The van der Waals surface area contributed by atoms with Gasteiger partial charge in [-0.2, -0.15) is 0 Å². The van der Waals surface area contributed by atoms with Crippen LogP contribution in [0.5, 0.6) is 5.75 Å². The summed E-state index contributed by atoms with van der Waals surface area (Å²) in [5.41, 5.74) is 4.24. The van der Waals surface area contributed by atoms with Crippen molar-refractivity contribution in [2.24, 2.45) is 5.92 Å². The smallest absolute Gasteiger partial charge is 0.146 e. The van der Waals surface area contributed by atoms with Crippen molar-refractivity contribution in [2.75, 3.05) is 0 Å². The average molecular weight is 344 g/mol. The van der Waals surface area contributed by atoms with E-state index in [1.165, 1.54) is 10.4 Å². The molecule has 0 spiro atoms. The zero-order valence-electron chi connectivity index (χ0n) is 14.3. The number of halogens is 1. The maximum Gasteiger partial charge on any atom is 0.146 e. The third-order valence-electron chi connectivity index (χ3n) is 3.95. The lowest BCUT2D eigenvalue weighted by Gasteiger charge is -2.13. The monoisotopic (exact) mass is 343 g/mol. The number of hydrogen-bond acceptors (Lipinski definition) is 3. The van der Waals surface area contributed by atoms with E-state index >= 15 is 0 Å². The second-order valence-corrected chi connectivity index (χ2v) is 7.03. The van der Waals surface area contributed by atoms with Crippen LogP contribution < -0.4 is 0 Å². The minimum atomic E-state index is 0.259. The van der Waals surface area contributed by atoms with Crippen LogP contribution in [0.15, 0.2) is 30.3 Å². The summed E-state index contributed by atoms with van der Waals surface area (Å²) in [6.45, 7) is 6.44. The molecule has 3 rings (SSSR count). The Morgan fingerprint density at radius 3 is 2.58 bits per heavy atom. The lowest BCUT2D eigenvalue weighted by atomic mass is 9.97. The highest BCUT2D eigenvalue weighted by Crippen LogP contribution is 2.30. The fourth-order valence-electron chi connectivity index (χ4n) is 2.92. The zero-order chi connectivity index (χ0) is 17.3. The molecule has 0 fully saturated rings. The minimum absolute atomic E-state index is 0.259. The first kappa shape index (κ1) is 16.8. The molecule has 0 bridgehead atoms. The topological polar surface area (TPSA) is 50.9 Å². The number of aromatic hydroxyl groups is 1. The number of nitrogens with zero attached hydrogens (tertiary/aromatic N) is 3. The fourth-order valence-corrected chi connectivity index (χ4v) is 3.08. The molecule has 4 nitrogen and oxygen atoms in total. The molecule has 0 saturated heterocycles. The van der Waals surface area contributed by atoms with Crippen LogP contribution in [0.25, 0.3) is 16.7 Å². The molecule has 0 amide bonds. The molecule has 5 heteroatoms. The van der Waals surface area contributed by atoms with Gasteiger partial charge >= 0.3 is 0 Å². The lowest BCUT2D eigenvalue weighted by molar-refractivity contribution is 0.455. The molecule has 0 atom stereocenters. The third-order valence-corrected chi connectivity index (χ3v) is 4.19. The predicted octanol–water partition coefficient (Wildman–Crippen LogP) is 4.93. The van der Waals surface area contributed by atoms with Gasteiger partial charge in [0.05, 0.1) is 0 Å². The van der Waals surface area contributed by atoms with Gasteiger partial charge < -0.3 is 5.11 Å². The van der Waals surface area contributed by atoms with Crippen LogP contribution in [0.1, 0.15) is 38.3 Å². The van der Waals surface area contributed by atoms with Gasteiger partial charge in [-0.1, -0.05) is 44.9 Å². The van der Waals surface area contributed by atoms with Gasteiger partial charge in [-0.3, -0.25) is 0 Å². The van der Waals surface area contributed by atoms with Gasteiger partial charge in [-0.25, -0.2) is 0 Å². The van der Waals surface area contributed by atoms with E-state index < -0.39 is 0 Å². The van der Waals surface area contributed by atoms with E-state index in [0.717, 1.165) is 30.3 Å². The molecule has 0 aliphatic heterocycles. The molecule has 0 unspecified atom stereocenters. The van der Waals surface area contributed by atoms with Crippen LogP contribution in [-0.2, 0) is 12.8 Å². The Bertz CT molecular complexity index is 870. The van der Waals surface area contributed by atoms with Gasteiger partial charge in [0.15, 0.2) is 0 Å². The molecule has 1 heterocycles. The Morgan fingerprint density at radius 2 is 1.88 bits per heavy atom. The van der Waals surface area contributed by atoms with Gasteiger partial charge in [-0.15, -0.1) is 15.0 Å². The average Bonchev–Trinajstić information content (AvgIpc) is 2.92.